The highest BCUT2D eigenvalue weighted by Crippen LogP contribution is 2.29. The Labute approximate surface area is 178 Å². The monoisotopic (exact) mass is 428 g/mol. The predicted octanol–water partition coefficient (Wildman–Crippen LogP) is 5.63. The Morgan fingerprint density at radius 2 is 1.45 bits per heavy atom. The average molecular weight is 429 g/mol. The van der Waals surface area contributed by atoms with Crippen molar-refractivity contribution in [3.63, 3.8) is 0 Å². The zero-order valence-electron chi connectivity index (χ0n) is 15.5. The molecule has 0 amide bonds. The molecule has 29 heavy (non-hydrogen) atoms. The van der Waals surface area contributed by atoms with Gasteiger partial charge in [0.05, 0.1) is 12.0 Å². The Kier molecular flexibility index (Phi) is 7.20. The minimum atomic E-state index is -0.937. The third-order valence-electron chi connectivity index (χ3n) is 4.62. The highest BCUT2D eigenvalue weighted by Gasteiger charge is 2.23. The Bertz CT molecular complexity index is 940. The Balaban J connectivity index is 1.63. The second kappa shape index (κ2) is 9.83. The van der Waals surface area contributed by atoms with E-state index >= 15 is 0 Å². The summed E-state index contributed by atoms with van der Waals surface area (Å²) >= 11 is 7.31. The molecule has 0 bridgehead atoms. The van der Waals surface area contributed by atoms with Gasteiger partial charge in [-0.1, -0.05) is 48.0 Å². The first-order valence-electron chi connectivity index (χ1n) is 9.11. The Hall–Kier alpha value is -2.47. The van der Waals surface area contributed by atoms with Gasteiger partial charge in [-0.15, -0.1) is 11.8 Å². The van der Waals surface area contributed by atoms with Gasteiger partial charge in [0.25, 0.3) is 0 Å². The summed E-state index contributed by atoms with van der Waals surface area (Å²) in [5.41, 5.74) is 2.70. The molecular weight excluding hydrogens is 408 g/mol. The summed E-state index contributed by atoms with van der Waals surface area (Å²) in [5.74, 6) is -1.13. The minimum Gasteiger partial charge on any atom is -0.508 e. The topological polar surface area (TPSA) is 77.8 Å². The number of benzene rings is 3. The standard InChI is InChI=1S/C23H21ClO4S/c24-19-7-5-16(6-8-19)15-1-3-17(4-2-15)22(26)13-18(23(27)28)14-29-21-11-9-20(25)10-12-21/h1-12,18,22,25-26H,13-14H2,(H,27,28). The number of aliphatic carboxylic acids is 1. The summed E-state index contributed by atoms with van der Waals surface area (Å²) < 4.78 is 0. The van der Waals surface area contributed by atoms with Crippen LogP contribution in [0, 0.1) is 5.92 Å². The molecule has 0 saturated carbocycles. The van der Waals surface area contributed by atoms with Gasteiger partial charge in [0.2, 0.25) is 0 Å². The molecule has 6 heteroatoms. The van der Waals surface area contributed by atoms with Crippen LogP contribution in [-0.2, 0) is 4.79 Å². The maximum absolute atomic E-state index is 11.6. The number of carboxylic acids is 1. The van der Waals surface area contributed by atoms with E-state index < -0.39 is 18.0 Å². The highest BCUT2D eigenvalue weighted by molar-refractivity contribution is 7.99. The van der Waals surface area contributed by atoms with Crippen molar-refractivity contribution in [3.05, 3.63) is 83.4 Å². The molecule has 3 rings (SSSR count). The second-order valence-corrected chi connectivity index (χ2v) is 8.25. The number of aromatic hydroxyl groups is 1. The molecule has 0 spiro atoms. The fraction of sp³-hybridized carbons (Fsp3) is 0.174. The number of phenols is 1. The lowest BCUT2D eigenvalue weighted by Gasteiger charge is -2.17. The van der Waals surface area contributed by atoms with Crippen LogP contribution in [0.1, 0.15) is 18.1 Å². The van der Waals surface area contributed by atoms with Gasteiger partial charge in [-0.05, 0) is 59.5 Å². The zero-order valence-corrected chi connectivity index (χ0v) is 17.1. The van der Waals surface area contributed by atoms with Crippen LogP contribution in [0.15, 0.2) is 77.7 Å². The summed E-state index contributed by atoms with van der Waals surface area (Å²) in [5, 5.41) is 30.1. The van der Waals surface area contributed by atoms with Crippen molar-refractivity contribution >= 4 is 29.3 Å². The molecule has 3 aromatic carbocycles. The van der Waals surface area contributed by atoms with E-state index in [0.717, 1.165) is 16.0 Å². The largest absolute Gasteiger partial charge is 0.508 e. The first kappa shape index (κ1) is 21.2. The predicted molar refractivity (Wildman–Crippen MR) is 116 cm³/mol. The lowest BCUT2D eigenvalue weighted by Crippen LogP contribution is -2.19. The van der Waals surface area contributed by atoms with Gasteiger partial charge >= 0.3 is 5.97 Å². The minimum absolute atomic E-state index is 0.126. The average Bonchev–Trinajstić information content (AvgIpc) is 2.72. The molecule has 0 radical (unpaired) electrons. The first-order valence-corrected chi connectivity index (χ1v) is 10.5. The van der Waals surface area contributed by atoms with E-state index in [-0.39, 0.29) is 12.2 Å². The van der Waals surface area contributed by atoms with Crippen molar-refractivity contribution in [1.29, 1.82) is 0 Å². The van der Waals surface area contributed by atoms with Crippen LogP contribution in [-0.4, -0.2) is 27.0 Å². The summed E-state index contributed by atoms with van der Waals surface area (Å²) in [6.07, 6.45) is -0.739. The van der Waals surface area contributed by atoms with Crippen LogP contribution in [0.25, 0.3) is 11.1 Å². The third-order valence-corrected chi connectivity index (χ3v) is 6.04. The first-order chi connectivity index (χ1) is 13.9. The van der Waals surface area contributed by atoms with Crippen LogP contribution < -0.4 is 0 Å². The van der Waals surface area contributed by atoms with Crippen LogP contribution in [0.2, 0.25) is 5.02 Å². The molecule has 0 fully saturated rings. The number of rotatable bonds is 8. The molecule has 0 aliphatic rings. The van der Waals surface area contributed by atoms with Crippen molar-refractivity contribution in [1.82, 2.24) is 0 Å². The van der Waals surface area contributed by atoms with Gasteiger partial charge in [0, 0.05) is 15.7 Å². The molecule has 0 aliphatic carbocycles. The zero-order chi connectivity index (χ0) is 20.8. The van der Waals surface area contributed by atoms with E-state index in [0.29, 0.717) is 16.3 Å². The van der Waals surface area contributed by atoms with Crippen molar-refractivity contribution < 1.29 is 20.1 Å². The lowest BCUT2D eigenvalue weighted by molar-refractivity contribution is -0.142. The fourth-order valence-electron chi connectivity index (χ4n) is 2.92. The van der Waals surface area contributed by atoms with Crippen molar-refractivity contribution in [3.8, 4) is 16.9 Å². The number of aliphatic hydroxyl groups is 1. The number of hydrogen-bond donors (Lipinski definition) is 3. The SMILES string of the molecule is O=C(O)C(CSc1ccc(O)cc1)CC(O)c1ccc(-c2ccc(Cl)cc2)cc1. The summed E-state index contributed by atoms with van der Waals surface area (Å²) in [7, 11) is 0. The summed E-state index contributed by atoms with van der Waals surface area (Å²) in [6, 6.07) is 21.6. The number of halogens is 1. The van der Waals surface area contributed by atoms with E-state index in [4.69, 9.17) is 11.6 Å². The molecule has 2 atom stereocenters. The quantitative estimate of drug-likeness (QED) is 0.405. The van der Waals surface area contributed by atoms with Crippen LogP contribution in [0.5, 0.6) is 5.75 Å². The molecule has 3 N–H and O–H groups in total. The lowest BCUT2D eigenvalue weighted by atomic mass is 9.96. The van der Waals surface area contributed by atoms with E-state index in [1.807, 2.05) is 48.5 Å². The molecule has 0 aromatic heterocycles. The normalized spacial score (nSPS) is 13.0. The number of carbonyl (C=O) groups is 1. The van der Waals surface area contributed by atoms with Gasteiger partial charge in [0.15, 0.2) is 0 Å². The van der Waals surface area contributed by atoms with Gasteiger partial charge in [-0.25, -0.2) is 0 Å². The summed E-state index contributed by atoms with van der Waals surface area (Å²) in [6.45, 7) is 0. The van der Waals surface area contributed by atoms with Crippen LogP contribution in [0.4, 0.5) is 0 Å². The number of hydrogen-bond acceptors (Lipinski definition) is 4. The Morgan fingerprint density at radius 1 is 0.897 bits per heavy atom. The molecule has 4 nitrogen and oxygen atoms in total. The molecular formula is C23H21ClO4S. The van der Waals surface area contributed by atoms with E-state index in [2.05, 4.69) is 0 Å². The third kappa shape index (κ3) is 6.00. The number of carboxylic acid groups (broad SMARTS) is 1. The molecule has 2 unspecified atom stereocenters. The van der Waals surface area contributed by atoms with Crippen LogP contribution >= 0.6 is 23.4 Å². The fourth-order valence-corrected chi connectivity index (χ4v) is 4.05. The number of phenolic OH excluding ortho intramolecular Hbond substituents is 1. The van der Waals surface area contributed by atoms with Gasteiger partial charge < -0.3 is 15.3 Å². The molecule has 0 saturated heterocycles. The number of aliphatic hydroxyl groups excluding tert-OH is 1. The van der Waals surface area contributed by atoms with E-state index in [1.165, 1.54) is 11.8 Å². The molecule has 0 aliphatic heterocycles. The maximum Gasteiger partial charge on any atom is 0.307 e. The second-order valence-electron chi connectivity index (χ2n) is 6.72. The van der Waals surface area contributed by atoms with E-state index in [9.17, 15) is 20.1 Å². The van der Waals surface area contributed by atoms with Gasteiger partial charge in [0.1, 0.15) is 5.75 Å². The molecule has 0 heterocycles. The van der Waals surface area contributed by atoms with Crippen molar-refractivity contribution in [2.24, 2.45) is 5.92 Å². The van der Waals surface area contributed by atoms with Crippen molar-refractivity contribution in [2.75, 3.05) is 5.75 Å². The molecule has 3 aromatic rings. The van der Waals surface area contributed by atoms with Crippen LogP contribution in [0.3, 0.4) is 0 Å². The van der Waals surface area contributed by atoms with E-state index in [1.54, 1.807) is 24.3 Å². The maximum atomic E-state index is 11.6. The Morgan fingerprint density at radius 3 is 2.00 bits per heavy atom. The number of thioether (sulfide) groups is 1. The smallest absolute Gasteiger partial charge is 0.307 e. The molecule has 150 valence electrons. The van der Waals surface area contributed by atoms with Gasteiger partial charge in [-0.2, -0.15) is 0 Å². The summed E-state index contributed by atoms with van der Waals surface area (Å²) in [4.78, 5) is 12.5. The van der Waals surface area contributed by atoms with Crippen molar-refractivity contribution in [2.45, 2.75) is 17.4 Å². The highest BCUT2D eigenvalue weighted by atomic mass is 35.5. The van der Waals surface area contributed by atoms with Gasteiger partial charge in [-0.3, -0.25) is 4.79 Å².